The normalized spacial score (nSPS) is 15.3. The summed E-state index contributed by atoms with van der Waals surface area (Å²) in [6.07, 6.45) is 1.40. The molecule has 0 unspecified atom stereocenters. The maximum absolute atomic E-state index is 14.5. The van der Waals surface area contributed by atoms with Gasteiger partial charge in [0.05, 0.1) is 12.2 Å². The van der Waals surface area contributed by atoms with Gasteiger partial charge in [0.2, 0.25) is 5.91 Å². The van der Waals surface area contributed by atoms with Crippen molar-refractivity contribution in [2.75, 3.05) is 23.4 Å². The number of fused-ring (bicyclic) bond motifs is 1. The Morgan fingerprint density at radius 2 is 1.89 bits per heavy atom. The highest BCUT2D eigenvalue weighted by molar-refractivity contribution is 6.31. The van der Waals surface area contributed by atoms with Crippen LogP contribution in [0.3, 0.4) is 0 Å². The van der Waals surface area contributed by atoms with E-state index in [4.69, 9.17) is 11.6 Å². The van der Waals surface area contributed by atoms with Gasteiger partial charge in [-0.05, 0) is 53.9 Å². The summed E-state index contributed by atoms with van der Waals surface area (Å²) in [5.41, 5.74) is 3.68. The first kappa shape index (κ1) is 24.8. The molecule has 190 valence electrons. The molecule has 3 aromatic rings. The number of urea groups is 1. The molecule has 0 spiro atoms. The first-order valence-corrected chi connectivity index (χ1v) is 12.5. The zero-order valence-electron chi connectivity index (χ0n) is 20.3. The molecule has 37 heavy (non-hydrogen) atoms. The van der Waals surface area contributed by atoms with E-state index in [0.717, 1.165) is 23.2 Å². The Morgan fingerprint density at radius 3 is 2.65 bits per heavy atom. The maximum atomic E-state index is 14.5. The van der Waals surface area contributed by atoms with Gasteiger partial charge in [-0.3, -0.25) is 14.5 Å². The van der Waals surface area contributed by atoms with Gasteiger partial charge in [-0.2, -0.15) is 0 Å². The van der Waals surface area contributed by atoms with Crippen molar-refractivity contribution in [3.8, 4) is 0 Å². The predicted octanol–water partition coefficient (Wildman–Crippen LogP) is 5.11. The number of anilines is 2. The zero-order valence-corrected chi connectivity index (χ0v) is 21.1. The second-order valence-electron chi connectivity index (χ2n) is 9.27. The van der Waals surface area contributed by atoms with Crippen molar-refractivity contribution in [1.82, 2.24) is 10.2 Å². The highest BCUT2D eigenvalue weighted by Crippen LogP contribution is 2.32. The van der Waals surface area contributed by atoms with E-state index >= 15 is 0 Å². The Hall–Kier alpha value is -3.91. The highest BCUT2D eigenvalue weighted by Gasteiger charge is 2.30. The summed E-state index contributed by atoms with van der Waals surface area (Å²) in [7, 11) is 1.67. The van der Waals surface area contributed by atoms with E-state index in [1.54, 1.807) is 30.1 Å². The first-order chi connectivity index (χ1) is 17.8. The molecular formula is C28H26ClFN4O3. The molecule has 0 aromatic heterocycles. The summed E-state index contributed by atoms with van der Waals surface area (Å²) in [4.78, 5) is 42.9. The van der Waals surface area contributed by atoms with Crippen LogP contribution >= 0.6 is 11.6 Å². The smallest absolute Gasteiger partial charge is 0.324 e. The predicted molar refractivity (Wildman–Crippen MR) is 140 cm³/mol. The molecule has 3 aromatic carbocycles. The van der Waals surface area contributed by atoms with Gasteiger partial charge in [0.1, 0.15) is 5.82 Å². The second-order valence-corrected chi connectivity index (χ2v) is 9.68. The van der Waals surface area contributed by atoms with Crippen LogP contribution in [0.15, 0.2) is 60.7 Å². The van der Waals surface area contributed by atoms with Crippen molar-refractivity contribution in [3.63, 3.8) is 0 Å². The summed E-state index contributed by atoms with van der Waals surface area (Å²) in [6.45, 7) is 1.29. The van der Waals surface area contributed by atoms with E-state index < -0.39 is 5.82 Å². The van der Waals surface area contributed by atoms with Crippen LogP contribution in [0, 0.1) is 5.82 Å². The molecule has 1 fully saturated rings. The number of nitrogens with zero attached hydrogens (tertiary/aromatic N) is 3. The minimum Gasteiger partial charge on any atom is -0.348 e. The van der Waals surface area contributed by atoms with Crippen LogP contribution in [0.2, 0.25) is 5.02 Å². The molecular weight excluding hydrogens is 495 g/mol. The van der Waals surface area contributed by atoms with Gasteiger partial charge >= 0.3 is 6.03 Å². The zero-order chi connectivity index (χ0) is 26.1. The van der Waals surface area contributed by atoms with Crippen molar-refractivity contribution in [2.24, 2.45) is 0 Å². The quantitative estimate of drug-likeness (QED) is 0.491. The number of halogens is 2. The molecule has 2 aliphatic rings. The van der Waals surface area contributed by atoms with Gasteiger partial charge in [-0.15, -0.1) is 0 Å². The Balaban J connectivity index is 1.35. The lowest BCUT2D eigenvalue weighted by molar-refractivity contribution is -0.117. The molecule has 0 bridgehead atoms. The minimum atomic E-state index is -0.498. The second kappa shape index (κ2) is 10.2. The van der Waals surface area contributed by atoms with Gasteiger partial charge in [0.25, 0.3) is 5.91 Å². The summed E-state index contributed by atoms with van der Waals surface area (Å²) < 4.78 is 14.5. The fraction of sp³-hybridized carbons (Fsp3) is 0.250. The van der Waals surface area contributed by atoms with Crippen molar-refractivity contribution in [3.05, 3.63) is 93.8 Å². The lowest BCUT2D eigenvalue weighted by Gasteiger charge is -2.35. The standard InChI is InChI=1S/C28H26ClFN4O3/c1-32-16-20-11-10-19(14-25(20)34(28(32)37)17-22-23(29)7-3-8-24(22)30)27(36)31-15-18-5-2-6-21(13-18)33-12-4-9-26(33)35/h2-3,5-8,10-11,13-14H,4,9,12,15-17H2,1H3,(H,31,36). The number of benzene rings is 3. The molecule has 1 N–H and O–H groups in total. The highest BCUT2D eigenvalue weighted by atomic mass is 35.5. The molecule has 4 amide bonds. The van der Waals surface area contributed by atoms with E-state index in [2.05, 4.69) is 5.32 Å². The van der Waals surface area contributed by atoms with Gasteiger partial charge in [-0.1, -0.05) is 35.9 Å². The van der Waals surface area contributed by atoms with Gasteiger partial charge < -0.3 is 15.1 Å². The third kappa shape index (κ3) is 5.02. The third-order valence-corrected chi connectivity index (χ3v) is 7.08. The average molecular weight is 521 g/mol. The van der Waals surface area contributed by atoms with Crippen molar-refractivity contribution in [2.45, 2.75) is 32.5 Å². The molecule has 2 aliphatic heterocycles. The van der Waals surface area contributed by atoms with Crippen LogP contribution in [0.4, 0.5) is 20.6 Å². The maximum Gasteiger partial charge on any atom is 0.324 e. The van der Waals surface area contributed by atoms with Crippen LogP contribution in [0.1, 0.15) is 39.9 Å². The summed E-state index contributed by atoms with van der Waals surface area (Å²) in [6, 6.07) is 16.8. The number of hydrogen-bond acceptors (Lipinski definition) is 3. The van der Waals surface area contributed by atoms with Crippen LogP contribution in [-0.4, -0.2) is 36.3 Å². The van der Waals surface area contributed by atoms with E-state index in [-0.39, 0.29) is 41.5 Å². The number of carbonyl (C=O) groups excluding carboxylic acids is 3. The molecule has 0 aliphatic carbocycles. The van der Waals surface area contributed by atoms with Gasteiger partial charge in [0.15, 0.2) is 0 Å². The molecule has 0 atom stereocenters. The van der Waals surface area contributed by atoms with Gasteiger partial charge in [0, 0.05) is 54.9 Å². The van der Waals surface area contributed by atoms with Gasteiger partial charge in [-0.25, -0.2) is 9.18 Å². The molecule has 5 rings (SSSR count). The SMILES string of the molecule is CN1Cc2ccc(C(=O)NCc3cccc(N4CCCC4=O)c3)cc2N(Cc2c(F)cccc2Cl)C1=O. The minimum absolute atomic E-state index is 0.0607. The Bertz CT molecular complexity index is 1380. The fourth-order valence-electron chi connectivity index (χ4n) is 4.76. The van der Waals surface area contributed by atoms with Crippen molar-refractivity contribution >= 4 is 40.8 Å². The average Bonchev–Trinajstić information content (AvgIpc) is 3.32. The van der Waals surface area contributed by atoms with Crippen molar-refractivity contribution in [1.29, 1.82) is 0 Å². The number of amides is 4. The number of carbonyl (C=O) groups is 3. The fourth-order valence-corrected chi connectivity index (χ4v) is 4.98. The monoisotopic (exact) mass is 520 g/mol. The topological polar surface area (TPSA) is 73.0 Å². The van der Waals surface area contributed by atoms with Crippen molar-refractivity contribution < 1.29 is 18.8 Å². The van der Waals surface area contributed by atoms with Crippen LogP contribution in [-0.2, 0) is 24.4 Å². The Labute approximate surface area is 219 Å². The molecule has 2 heterocycles. The van der Waals surface area contributed by atoms with E-state index in [0.29, 0.717) is 30.8 Å². The molecule has 9 heteroatoms. The first-order valence-electron chi connectivity index (χ1n) is 12.1. The van der Waals surface area contributed by atoms with E-state index in [9.17, 15) is 18.8 Å². The summed E-state index contributed by atoms with van der Waals surface area (Å²) >= 11 is 6.22. The molecule has 0 radical (unpaired) electrons. The third-order valence-electron chi connectivity index (χ3n) is 6.73. The Morgan fingerprint density at radius 1 is 1.08 bits per heavy atom. The van der Waals surface area contributed by atoms with E-state index in [1.807, 2.05) is 30.3 Å². The number of nitrogens with one attached hydrogen (secondary N) is 1. The molecule has 0 saturated carbocycles. The van der Waals surface area contributed by atoms with Crippen LogP contribution in [0.5, 0.6) is 0 Å². The molecule has 7 nitrogen and oxygen atoms in total. The Kier molecular flexibility index (Phi) is 6.84. The lowest BCUT2D eigenvalue weighted by atomic mass is 10.0. The van der Waals surface area contributed by atoms with Crippen LogP contribution < -0.4 is 15.1 Å². The van der Waals surface area contributed by atoms with Crippen LogP contribution in [0.25, 0.3) is 0 Å². The summed E-state index contributed by atoms with van der Waals surface area (Å²) in [5.74, 6) is -0.695. The molecule has 1 saturated heterocycles. The van der Waals surface area contributed by atoms with E-state index in [1.165, 1.54) is 21.9 Å². The lowest BCUT2D eigenvalue weighted by Crippen LogP contribution is -2.45. The number of hydrogen-bond donors (Lipinski definition) is 1. The summed E-state index contributed by atoms with van der Waals surface area (Å²) in [5, 5.41) is 3.15. The number of rotatable bonds is 6. The largest absolute Gasteiger partial charge is 0.348 e.